The van der Waals surface area contributed by atoms with E-state index in [1.54, 1.807) is 0 Å². The van der Waals surface area contributed by atoms with Crippen LogP contribution in [0, 0.1) is 11.8 Å². The molecule has 2 rings (SSSR count). The van der Waals surface area contributed by atoms with E-state index >= 15 is 0 Å². The highest BCUT2D eigenvalue weighted by molar-refractivity contribution is 4.85. The summed E-state index contributed by atoms with van der Waals surface area (Å²) in [4.78, 5) is 0. The van der Waals surface area contributed by atoms with Crippen molar-refractivity contribution in [3.8, 4) is 0 Å². The fourth-order valence-electron chi connectivity index (χ4n) is 3.12. The van der Waals surface area contributed by atoms with Crippen molar-refractivity contribution in [2.75, 3.05) is 20.2 Å². The van der Waals surface area contributed by atoms with Gasteiger partial charge in [0, 0.05) is 13.2 Å². The van der Waals surface area contributed by atoms with E-state index in [0.717, 1.165) is 25.0 Å². The molecule has 2 atom stereocenters. The zero-order chi connectivity index (χ0) is 9.80. The fourth-order valence-corrected chi connectivity index (χ4v) is 3.12. The van der Waals surface area contributed by atoms with Crippen LogP contribution in [0.5, 0.6) is 0 Å². The van der Waals surface area contributed by atoms with Gasteiger partial charge < -0.3 is 10.1 Å². The van der Waals surface area contributed by atoms with E-state index in [1.807, 2.05) is 0 Å². The van der Waals surface area contributed by atoms with Gasteiger partial charge >= 0.3 is 0 Å². The Morgan fingerprint density at radius 3 is 2.64 bits per heavy atom. The fraction of sp³-hybridized carbons (Fsp3) is 1.00. The lowest BCUT2D eigenvalue weighted by Crippen LogP contribution is -2.33. The van der Waals surface area contributed by atoms with Gasteiger partial charge in [0.25, 0.3) is 0 Å². The van der Waals surface area contributed by atoms with Crippen molar-refractivity contribution in [3.05, 3.63) is 0 Å². The van der Waals surface area contributed by atoms with E-state index in [9.17, 15) is 0 Å². The first-order chi connectivity index (χ1) is 6.92. The van der Waals surface area contributed by atoms with Crippen molar-refractivity contribution < 1.29 is 4.74 Å². The highest BCUT2D eigenvalue weighted by Crippen LogP contribution is 2.35. The third-order valence-electron chi connectivity index (χ3n) is 3.84. The second-order valence-corrected chi connectivity index (χ2v) is 4.84. The lowest BCUT2D eigenvalue weighted by atomic mass is 9.80. The molecule has 0 bridgehead atoms. The summed E-state index contributed by atoms with van der Waals surface area (Å²) in [6.07, 6.45) is 8.95. The molecule has 82 valence electrons. The van der Waals surface area contributed by atoms with E-state index < -0.39 is 0 Å². The molecule has 0 aromatic carbocycles. The van der Waals surface area contributed by atoms with E-state index in [0.29, 0.717) is 6.10 Å². The van der Waals surface area contributed by atoms with E-state index in [-0.39, 0.29) is 0 Å². The summed E-state index contributed by atoms with van der Waals surface area (Å²) in [5.74, 6) is 1.65. The van der Waals surface area contributed by atoms with Crippen LogP contribution in [0.3, 0.4) is 0 Å². The number of hydrogen-bond acceptors (Lipinski definition) is 2. The molecule has 1 aliphatic carbocycles. The first-order valence-corrected chi connectivity index (χ1v) is 6.18. The normalized spacial score (nSPS) is 34.9. The molecule has 0 radical (unpaired) electrons. The summed E-state index contributed by atoms with van der Waals surface area (Å²) in [6, 6.07) is 0. The molecule has 2 aliphatic rings. The average molecular weight is 197 g/mol. The molecule has 0 spiro atoms. The van der Waals surface area contributed by atoms with Gasteiger partial charge in [-0.3, -0.25) is 0 Å². The van der Waals surface area contributed by atoms with Gasteiger partial charge in [0.2, 0.25) is 0 Å². The molecular formula is C12H23NO. The Morgan fingerprint density at radius 1 is 1.14 bits per heavy atom. The lowest BCUT2D eigenvalue weighted by molar-refractivity contribution is 0.0272. The van der Waals surface area contributed by atoms with Crippen LogP contribution < -0.4 is 5.32 Å². The van der Waals surface area contributed by atoms with Gasteiger partial charge in [-0.15, -0.1) is 0 Å². The standard InChI is InChI=1S/C12H23NO/c1-13-9-11-7-8-14-12(11)10-5-3-2-4-6-10/h10-13H,2-9H2,1H3. The third-order valence-corrected chi connectivity index (χ3v) is 3.84. The number of nitrogens with one attached hydrogen (secondary N) is 1. The smallest absolute Gasteiger partial charge is 0.0644 e. The van der Waals surface area contributed by atoms with Crippen LogP contribution in [0.2, 0.25) is 0 Å². The minimum absolute atomic E-state index is 0.572. The third kappa shape index (κ3) is 2.29. The molecule has 0 amide bonds. The summed E-state index contributed by atoms with van der Waals surface area (Å²) >= 11 is 0. The predicted molar refractivity (Wildman–Crippen MR) is 58.3 cm³/mol. The Hall–Kier alpha value is -0.0800. The predicted octanol–water partition coefficient (Wildman–Crippen LogP) is 2.19. The Labute approximate surface area is 87.4 Å². The van der Waals surface area contributed by atoms with E-state index in [4.69, 9.17) is 4.74 Å². The Morgan fingerprint density at radius 2 is 1.93 bits per heavy atom. The summed E-state index contributed by atoms with van der Waals surface area (Å²) in [5, 5.41) is 3.30. The van der Waals surface area contributed by atoms with Crippen molar-refractivity contribution in [1.82, 2.24) is 5.32 Å². The lowest BCUT2D eigenvalue weighted by Gasteiger charge is -2.30. The van der Waals surface area contributed by atoms with Crippen LogP contribution in [-0.2, 0) is 4.74 Å². The number of rotatable bonds is 3. The summed E-state index contributed by atoms with van der Waals surface area (Å²) in [7, 11) is 2.05. The maximum atomic E-state index is 5.92. The second kappa shape index (κ2) is 5.13. The van der Waals surface area contributed by atoms with Gasteiger partial charge in [0.15, 0.2) is 0 Å². The average Bonchev–Trinajstić information content (AvgIpc) is 2.68. The van der Waals surface area contributed by atoms with Crippen LogP contribution in [0.1, 0.15) is 38.5 Å². The van der Waals surface area contributed by atoms with Crippen molar-refractivity contribution in [1.29, 1.82) is 0 Å². The Kier molecular flexibility index (Phi) is 3.82. The van der Waals surface area contributed by atoms with Gasteiger partial charge in [-0.05, 0) is 38.1 Å². The van der Waals surface area contributed by atoms with Gasteiger partial charge in [-0.25, -0.2) is 0 Å². The molecule has 0 aromatic rings. The monoisotopic (exact) mass is 197 g/mol. The molecular weight excluding hydrogens is 174 g/mol. The van der Waals surface area contributed by atoms with Gasteiger partial charge in [0.05, 0.1) is 6.10 Å². The summed E-state index contributed by atoms with van der Waals surface area (Å²) in [6.45, 7) is 2.13. The van der Waals surface area contributed by atoms with Crippen LogP contribution in [0.4, 0.5) is 0 Å². The molecule has 1 N–H and O–H groups in total. The topological polar surface area (TPSA) is 21.3 Å². The molecule has 0 aromatic heterocycles. The minimum atomic E-state index is 0.572. The zero-order valence-corrected chi connectivity index (χ0v) is 9.30. The summed E-state index contributed by atoms with van der Waals surface area (Å²) in [5.41, 5.74) is 0. The zero-order valence-electron chi connectivity index (χ0n) is 9.30. The molecule has 14 heavy (non-hydrogen) atoms. The molecule has 1 saturated heterocycles. The molecule has 2 unspecified atom stereocenters. The van der Waals surface area contributed by atoms with Crippen LogP contribution in [0.25, 0.3) is 0 Å². The largest absolute Gasteiger partial charge is 0.378 e. The van der Waals surface area contributed by atoms with Gasteiger partial charge in [-0.2, -0.15) is 0 Å². The highest BCUT2D eigenvalue weighted by Gasteiger charge is 2.34. The first-order valence-electron chi connectivity index (χ1n) is 6.18. The SMILES string of the molecule is CNCC1CCOC1C1CCCCC1. The number of hydrogen-bond donors (Lipinski definition) is 1. The van der Waals surface area contributed by atoms with E-state index in [1.165, 1.54) is 38.5 Å². The van der Waals surface area contributed by atoms with Gasteiger partial charge in [-0.1, -0.05) is 19.3 Å². The van der Waals surface area contributed by atoms with Crippen molar-refractivity contribution in [2.24, 2.45) is 11.8 Å². The molecule has 1 heterocycles. The Bertz CT molecular complexity index is 166. The second-order valence-electron chi connectivity index (χ2n) is 4.84. The molecule has 2 fully saturated rings. The maximum absolute atomic E-state index is 5.92. The molecule has 1 aliphatic heterocycles. The van der Waals surface area contributed by atoms with Crippen molar-refractivity contribution >= 4 is 0 Å². The van der Waals surface area contributed by atoms with E-state index in [2.05, 4.69) is 12.4 Å². The van der Waals surface area contributed by atoms with Crippen LogP contribution in [0.15, 0.2) is 0 Å². The van der Waals surface area contributed by atoms with Crippen molar-refractivity contribution in [3.63, 3.8) is 0 Å². The number of ether oxygens (including phenoxy) is 1. The first kappa shape index (κ1) is 10.4. The minimum Gasteiger partial charge on any atom is -0.378 e. The van der Waals surface area contributed by atoms with Crippen molar-refractivity contribution in [2.45, 2.75) is 44.6 Å². The molecule has 1 saturated carbocycles. The van der Waals surface area contributed by atoms with Gasteiger partial charge in [0.1, 0.15) is 0 Å². The molecule has 2 heteroatoms. The highest BCUT2D eigenvalue weighted by atomic mass is 16.5. The van der Waals surface area contributed by atoms with Crippen LogP contribution >= 0.6 is 0 Å². The quantitative estimate of drug-likeness (QED) is 0.749. The summed E-state index contributed by atoms with van der Waals surface area (Å²) < 4.78 is 5.92. The molecule has 2 nitrogen and oxygen atoms in total. The maximum Gasteiger partial charge on any atom is 0.0644 e. The van der Waals surface area contributed by atoms with Crippen LogP contribution in [-0.4, -0.2) is 26.3 Å². The Balaban J connectivity index is 1.87.